The van der Waals surface area contributed by atoms with Gasteiger partial charge in [-0.3, -0.25) is 0 Å². The lowest BCUT2D eigenvalue weighted by Crippen LogP contribution is -2.14. The first-order chi connectivity index (χ1) is 16.0. The summed E-state index contributed by atoms with van der Waals surface area (Å²) in [5.41, 5.74) is 0. The van der Waals surface area contributed by atoms with Gasteiger partial charge in [0.15, 0.2) is 0 Å². The van der Waals surface area contributed by atoms with Gasteiger partial charge in [0, 0.05) is 97.7 Å². The second-order valence-corrected chi connectivity index (χ2v) is 16.2. The van der Waals surface area contributed by atoms with E-state index in [4.69, 9.17) is 34.8 Å². The lowest BCUT2D eigenvalue weighted by Gasteiger charge is -2.16. The zero-order valence-corrected chi connectivity index (χ0v) is 26.9. The van der Waals surface area contributed by atoms with Gasteiger partial charge in [-0.1, -0.05) is 0 Å². The molecule has 0 aliphatic heterocycles. The lowest BCUT2D eigenvalue weighted by atomic mass is 10.5. The Hall–Kier alpha value is 3.20. The van der Waals surface area contributed by atoms with Crippen molar-refractivity contribution in [3.05, 3.63) is 0 Å². The number of halogens is 3. The molecule has 0 rings (SSSR count). The lowest BCUT2D eigenvalue weighted by molar-refractivity contribution is 0.223. The zero-order valence-electron chi connectivity index (χ0n) is 19.0. The van der Waals surface area contributed by atoms with Crippen LogP contribution in [0.5, 0.6) is 0 Å². The monoisotopic (exact) mass is 656 g/mol. The topological polar surface area (TPSA) is 60.7 Å². The molecule has 33 heavy (non-hydrogen) atoms. The van der Waals surface area contributed by atoms with Gasteiger partial charge in [0.05, 0.1) is 18.3 Å². The van der Waals surface area contributed by atoms with Crippen LogP contribution in [0.15, 0.2) is 0 Å². The van der Waals surface area contributed by atoms with Crippen LogP contribution in [0.2, 0.25) is 0 Å². The highest BCUT2D eigenvalue weighted by Gasteiger charge is 2.11. The predicted octanol–water partition coefficient (Wildman–Crippen LogP) is 5.29. The fraction of sp³-hybridized carbons (Fsp3) is 1.00. The largest absolute Gasteiger partial charge is 0.391 e. The number of hydrogen-bond acceptors (Lipinski definition) is 10. The molecular formula is C20H39Cl3O3S7. The molecule has 0 saturated heterocycles. The summed E-state index contributed by atoms with van der Waals surface area (Å²) in [6.45, 7) is 0. The average molecular weight is 658 g/mol. The van der Waals surface area contributed by atoms with Crippen LogP contribution in [0.1, 0.15) is 0 Å². The molecule has 0 bridgehead atoms. The van der Waals surface area contributed by atoms with Crippen LogP contribution >= 0.6 is 117 Å². The first kappa shape index (κ1) is 36.2. The van der Waals surface area contributed by atoms with Crippen LogP contribution in [0.4, 0.5) is 0 Å². The van der Waals surface area contributed by atoms with Crippen molar-refractivity contribution in [2.24, 2.45) is 0 Å². The van der Waals surface area contributed by atoms with Crippen molar-refractivity contribution >= 4 is 117 Å². The van der Waals surface area contributed by atoms with Crippen LogP contribution in [0.3, 0.4) is 0 Å². The molecule has 0 aromatic carbocycles. The van der Waals surface area contributed by atoms with Gasteiger partial charge >= 0.3 is 0 Å². The van der Waals surface area contributed by atoms with Gasteiger partial charge in [-0.15, -0.1) is 34.8 Å². The maximum Gasteiger partial charge on any atom is 0.0765 e. The van der Waals surface area contributed by atoms with Gasteiger partial charge in [-0.05, 0) is 0 Å². The van der Waals surface area contributed by atoms with Gasteiger partial charge in [0.1, 0.15) is 0 Å². The molecule has 0 aromatic heterocycles. The first-order valence-electron chi connectivity index (χ1n) is 10.8. The minimum atomic E-state index is -0.397. The molecule has 0 saturated carbocycles. The van der Waals surface area contributed by atoms with Gasteiger partial charge < -0.3 is 15.3 Å². The predicted molar refractivity (Wildman–Crippen MR) is 170 cm³/mol. The molecular weight excluding hydrogens is 619 g/mol. The van der Waals surface area contributed by atoms with Crippen LogP contribution in [-0.4, -0.2) is 131 Å². The molecule has 0 fully saturated rings. The van der Waals surface area contributed by atoms with E-state index in [2.05, 4.69) is 11.8 Å². The van der Waals surface area contributed by atoms with Crippen molar-refractivity contribution in [1.29, 1.82) is 0 Å². The van der Waals surface area contributed by atoms with Gasteiger partial charge in [0.25, 0.3) is 0 Å². The van der Waals surface area contributed by atoms with Gasteiger partial charge in [-0.25, -0.2) is 0 Å². The van der Waals surface area contributed by atoms with Crippen molar-refractivity contribution in [3.63, 3.8) is 0 Å². The number of aliphatic hydroxyl groups excluding tert-OH is 3. The third-order valence-electron chi connectivity index (χ3n) is 3.77. The molecule has 0 spiro atoms. The summed E-state index contributed by atoms with van der Waals surface area (Å²) >= 11 is 30.3. The Balaban J connectivity index is 3.96. The summed E-state index contributed by atoms with van der Waals surface area (Å²) in [5.74, 6) is 14.2. The molecule has 0 amide bonds. The summed E-state index contributed by atoms with van der Waals surface area (Å²) in [6.07, 6.45) is -1.18. The molecule has 3 atom stereocenters. The summed E-state index contributed by atoms with van der Waals surface area (Å²) in [7, 11) is 0. The molecule has 200 valence electrons. The minimum absolute atomic E-state index is 0.311. The molecule has 0 heterocycles. The second kappa shape index (κ2) is 28.2. The highest BCUT2D eigenvalue weighted by molar-refractivity contribution is 8.07. The van der Waals surface area contributed by atoms with E-state index in [0.717, 1.165) is 57.5 Å². The van der Waals surface area contributed by atoms with E-state index < -0.39 is 12.2 Å². The third kappa shape index (κ3) is 26.6. The molecule has 0 aliphatic carbocycles. The molecule has 0 aliphatic rings. The maximum atomic E-state index is 9.52. The Morgan fingerprint density at radius 2 is 0.727 bits per heavy atom. The highest BCUT2D eigenvalue weighted by Crippen LogP contribution is 2.24. The maximum absolute atomic E-state index is 9.52. The Bertz CT molecular complexity index is 388. The Labute approximate surface area is 246 Å². The minimum Gasteiger partial charge on any atom is -0.391 e. The Morgan fingerprint density at radius 3 is 1.09 bits per heavy atom. The summed E-state index contributed by atoms with van der Waals surface area (Å²) < 4.78 is 0. The smallest absolute Gasteiger partial charge is 0.0765 e. The quantitative estimate of drug-likeness (QED) is 0.0846. The average Bonchev–Trinajstić information content (AvgIpc) is 2.83. The fourth-order valence-electron chi connectivity index (χ4n) is 2.09. The zero-order chi connectivity index (χ0) is 24.6. The van der Waals surface area contributed by atoms with E-state index in [-0.39, 0.29) is 6.10 Å². The van der Waals surface area contributed by atoms with Gasteiger partial charge in [-0.2, -0.15) is 82.3 Å². The number of alkyl halides is 3. The molecule has 0 aromatic rings. The van der Waals surface area contributed by atoms with Crippen LogP contribution in [0, 0.1) is 0 Å². The number of rotatable bonds is 26. The fourth-order valence-corrected chi connectivity index (χ4v) is 11.3. The normalized spacial score (nSPS) is 15.5. The van der Waals surface area contributed by atoms with Crippen molar-refractivity contribution in [2.75, 3.05) is 92.4 Å². The van der Waals surface area contributed by atoms with Crippen molar-refractivity contribution in [3.8, 4) is 0 Å². The Kier molecular flexibility index (Phi) is 31.0. The van der Waals surface area contributed by atoms with E-state index in [9.17, 15) is 15.3 Å². The molecule has 3 unspecified atom stereocenters. The number of thioether (sulfide) groups is 7. The van der Waals surface area contributed by atoms with Gasteiger partial charge in [0.2, 0.25) is 0 Å². The molecule has 3 nitrogen and oxygen atoms in total. The summed E-state index contributed by atoms with van der Waals surface area (Å²) in [5, 5.41) is 29.2. The molecule has 13 heteroatoms. The van der Waals surface area contributed by atoms with Crippen LogP contribution in [0.25, 0.3) is 0 Å². The van der Waals surface area contributed by atoms with Crippen molar-refractivity contribution in [1.82, 2.24) is 0 Å². The van der Waals surface area contributed by atoms with E-state index in [1.807, 2.05) is 35.3 Å². The van der Waals surface area contributed by atoms with E-state index in [1.165, 1.54) is 5.75 Å². The van der Waals surface area contributed by atoms with Crippen LogP contribution in [-0.2, 0) is 0 Å². The molecule has 3 N–H and O–H groups in total. The van der Waals surface area contributed by atoms with E-state index in [0.29, 0.717) is 34.4 Å². The summed E-state index contributed by atoms with van der Waals surface area (Å²) in [4.78, 5) is 0. The second-order valence-electron chi connectivity index (χ2n) is 6.90. The third-order valence-corrected chi connectivity index (χ3v) is 14.1. The Morgan fingerprint density at radius 1 is 0.424 bits per heavy atom. The highest BCUT2D eigenvalue weighted by atomic mass is 35.5. The number of hydrogen-bond donors (Lipinski definition) is 3. The summed E-state index contributed by atoms with van der Waals surface area (Å²) in [6, 6.07) is 0. The van der Waals surface area contributed by atoms with E-state index >= 15 is 0 Å². The molecule has 0 radical (unpaired) electrons. The SMILES string of the molecule is OC(CCl)CSCCSCCSC(CSCCSCC(O)CCl)CSCCSCC(O)CCl. The van der Waals surface area contributed by atoms with Crippen molar-refractivity contribution in [2.45, 2.75) is 23.6 Å². The number of aliphatic hydroxyl groups is 3. The first-order valence-corrected chi connectivity index (χ1v) is 20.4. The van der Waals surface area contributed by atoms with E-state index in [1.54, 1.807) is 35.3 Å². The standard InChI is InChI=1S/C20H39Cl3O3S7/c21-9-17(24)12-28-2-1-27-7-8-33-20(15-31-5-3-29-13-18(25)10-22)16-32-6-4-30-14-19(26)11-23/h17-20,24-26H,1-16H2. The van der Waals surface area contributed by atoms with Crippen LogP contribution < -0.4 is 0 Å². The van der Waals surface area contributed by atoms with Crippen molar-refractivity contribution < 1.29 is 15.3 Å².